The van der Waals surface area contributed by atoms with Crippen molar-refractivity contribution in [1.82, 2.24) is 5.32 Å². The molecule has 0 aliphatic rings. The Labute approximate surface area is 273 Å². The second-order valence-electron chi connectivity index (χ2n) is 8.96. The zero-order chi connectivity index (χ0) is 32.7. The number of carbonyl (C=O) groups is 2. The molecule has 0 unspecified atom stereocenters. The van der Waals surface area contributed by atoms with Gasteiger partial charge in [-0.2, -0.15) is 0 Å². The van der Waals surface area contributed by atoms with E-state index in [-0.39, 0.29) is 11.0 Å². The number of nitrogens with one attached hydrogen (secondary N) is 1. The van der Waals surface area contributed by atoms with E-state index in [2.05, 4.69) is 5.32 Å². The van der Waals surface area contributed by atoms with E-state index in [9.17, 15) is 9.59 Å². The second-order valence-corrected chi connectivity index (χ2v) is 10.2. The Morgan fingerprint density at radius 2 is 0.733 bits per heavy atom. The molecule has 15 nitrogen and oxygen atoms in total. The van der Waals surface area contributed by atoms with Crippen molar-refractivity contribution >= 4 is 22.8 Å². The lowest BCUT2D eigenvalue weighted by molar-refractivity contribution is -0.120. The minimum absolute atomic E-state index is 0.0149. The third-order valence-corrected chi connectivity index (χ3v) is 6.00. The highest BCUT2D eigenvalue weighted by Gasteiger charge is 2.02. The molecule has 268 valence electrons. The molecule has 16 heteroatoms. The molecule has 3 N–H and O–H groups in total. The first-order valence-electron chi connectivity index (χ1n) is 15.6. The number of amides is 1. The van der Waals surface area contributed by atoms with Crippen molar-refractivity contribution in [3.8, 4) is 0 Å². The topological polar surface area (TPSA) is 174 Å². The van der Waals surface area contributed by atoms with Crippen LogP contribution in [0.5, 0.6) is 0 Å². The molecule has 0 atom stereocenters. The van der Waals surface area contributed by atoms with Crippen molar-refractivity contribution in [2.24, 2.45) is 5.73 Å². The lowest BCUT2D eigenvalue weighted by Crippen LogP contribution is -2.28. The van der Waals surface area contributed by atoms with Crippen LogP contribution in [-0.4, -0.2) is 175 Å². The molecule has 0 aromatic rings. The Morgan fingerprint density at radius 1 is 0.467 bits per heavy atom. The summed E-state index contributed by atoms with van der Waals surface area (Å²) in [7, 11) is 0. The molecule has 0 fully saturated rings. The molecule has 0 radical (unpaired) electrons. The number of hydrogen-bond donors (Lipinski definition) is 2. The van der Waals surface area contributed by atoms with Crippen LogP contribution in [0.25, 0.3) is 0 Å². The number of thioether (sulfide) groups is 1. The number of hydrogen-bond acceptors (Lipinski definition) is 15. The summed E-state index contributed by atoms with van der Waals surface area (Å²) in [5.74, 6) is 0.410. The van der Waals surface area contributed by atoms with Gasteiger partial charge in [-0.25, -0.2) is 0 Å². The molecule has 0 saturated carbocycles. The van der Waals surface area contributed by atoms with Gasteiger partial charge in [-0.05, 0) is 0 Å². The van der Waals surface area contributed by atoms with Crippen LogP contribution in [0.1, 0.15) is 13.3 Å². The predicted molar refractivity (Wildman–Crippen MR) is 169 cm³/mol. The van der Waals surface area contributed by atoms with Crippen LogP contribution in [0.2, 0.25) is 0 Å². The fourth-order valence-corrected chi connectivity index (χ4v) is 3.60. The van der Waals surface area contributed by atoms with Gasteiger partial charge >= 0.3 is 0 Å². The predicted octanol–water partition coefficient (Wildman–Crippen LogP) is -0.0863. The van der Waals surface area contributed by atoms with E-state index in [1.807, 2.05) is 0 Å². The molecule has 0 aliphatic carbocycles. The Morgan fingerprint density at radius 3 is 1.00 bits per heavy atom. The molecule has 0 bridgehead atoms. The van der Waals surface area contributed by atoms with Crippen molar-refractivity contribution in [2.45, 2.75) is 13.3 Å². The third-order valence-electron chi connectivity index (χ3n) is 5.19. The van der Waals surface area contributed by atoms with Crippen LogP contribution in [0.4, 0.5) is 0 Å². The standard InChI is InChI=1S/C29H58N2O13S/c1-28(32)45-27-2-29(33)31-4-6-35-8-10-37-12-14-39-16-18-41-20-22-43-24-26-44-25-23-42-21-19-40-17-15-38-13-11-36-9-7-34-5-3-30/h2-27,30H2,1H3,(H,31,33). The molecule has 0 heterocycles. The summed E-state index contributed by atoms with van der Waals surface area (Å²) in [5.41, 5.74) is 5.33. The maximum absolute atomic E-state index is 11.5. The average Bonchev–Trinajstić information content (AvgIpc) is 3.02. The molecule has 0 aliphatic heterocycles. The van der Waals surface area contributed by atoms with Crippen LogP contribution in [0.3, 0.4) is 0 Å². The van der Waals surface area contributed by atoms with Gasteiger partial charge in [-0.3, -0.25) is 9.59 Å². The summed E-state index contributed by atoms with van der Waals surface area (Å²) in [6.07, 6.45) is 0.321. The van der Waals surface area contributed by atoms with Crippen molar-refractivity contribution in [3.05, 3.63) is 0 Å². The van der Waals surface area contributed by atoms with Gasteiger partial charge < -0.3 is 63.2 Å². The summed E-state index contributed by atoms with van der Waals surface area (Å²) >= 11 is 1.15. The molecular formula is C29H58N2O13S. The number of ether oxygens (including phenoxy) is 11. The van der Waals surface area contributed by atoms with Gasteiger partial charge in [0, 0.05) is 32.2 Å². The smallest absolute Gasteiger partial charge is 0.220 e. The van der Waals surface area contributed by atoms with Gasteiger partial charge in [0.25, 0.3) is 0 Å². The first-order chi connectivity index (χ1) is 22.2. The van der Waals surface area contributed by atoms with E-state index < -0.39 is 0 Å². The molecule has 0 saturated heterocycles. The lowest BCUT2D eigenvalue weighted by atomic mass is 10.4. The number of rotatable bonds is 38. The molecule has 0 spiro atoms. The van der Waals surface area contributed by atoms with E-state index >= 15 is 0 Å². The quantitative estimate of drug-likeness (QED) is 0.0832. The van der Waals surface area contributed by atoms with E-state index in [0.717, 1.165) is 11.8 Å². The highest BCUT2D eigenvalue weighted by molar-refractivity contribution is 8.13. The van der Waals surface area contributed by atoms with Crippen molar-refractivity contribution < 1.29 is 61.7 Å². The summed E-state index contributed by atoms with van der Waals surface area (Å²) < 4.78 is 59.5. The fourth-order valence-electron chi connectivity index (χ4n) is 3.02. The first kappa shape index (κ1) is 44.0. The van der Waals surface area contributed by atoms with Crippen molar-refractivity contribution in [1.29, 1.82) is 0 Å². The van der Waals surface area contributed by atoms with Crippen LogP contribution in [0.15, 0.2) is 0 Å². The van der Waals surface area contributed by atoms with E-state index in [0.29, 0.717) is 171 Å². The average molecular weight is 675 g/mol. The van der Waals surface area contributed by atoms with E-state index in [1.54, 1.807) is 0 Å². The van der Waals surface area contributed by atoms with Crippen molar-refractivity contribution in [2.75, 3.05) is 164 Å². The Kier molecular flexibility index (Phi) is 38.3. The maximum atomic E-state index is 11.5. The van der Waals surface area contributed by atoms with E-state index in [4.69, 9.17) is 57.8 Å². The van der Waals surface area contributed by atoms with E-state index in [1.165, 1.54) is 6.92 Å². The fraction of sp³-hybridized carbons (Fsp3) is 0.931. The lowest BCUT2D eigenvalue weighted by Gasteiger charge is -2.09. The second kappa shape index (κ2) is 39.2. The van der Waals surface area contributed by atoms with Crippen LogP contribution in [-0.2, 0) is 61.7 Å². The number of carbonyl (C=O) groups excluding carboxylic acids is 2. The molecule has 45 heavy (non-hydrogen) atoms. The SMILES string of the molecule is CC(=O)SCCC(=O)NCCOCCOCCOCCOCCOCCOCCOCCOCCOCCOCCOCCN. The summed E-state index contributed by atoms with van der Waals surface area (Å²) in [6, 6.07) is 0. The Balaban J connectivity index is 3.08. The van der Waals surface area contributed by atoms with Gasteiger partial charge in [0.05, 0.1) is 145 Å². The normalized spacial score (nSPS) is 11.3. The largest absolute Gasteiger partial charge is 0.378 e. The van der Waals surface area contributed by atoms with Gasteiger partial charge in [-0.1, -0.05) is 11.8 Å². The zero-order valence-corrected chi connectivity index (χ0v) is 28.0. The molecule has 0 aromatic carbocycles. The van der Waals surface area contributed by atoms with Gasteiger partial charge in [-0.15, -0.1) is 0 Å². The molecular weight excluding hydrogens is 616 g/mol. The Bertz CT molecular complexity index is 627. The minimum atomic E-state index is -0.0855. The highest BCUT2D eigenvalue weighted by Crippen LogP contribution is 2.02. The molecule has 0 aromatic heterocycles. The number of nitrogens with two attached hydrogens (primary N) is 1. The van der Waals surface area contributed by atoms with Crippen LogP contribution >= 0.6 is 11.8 Å². The maximum Gasteiger partial charge on any atom is 0.220 e. The van der Waals surface area contributed by atoms with Crippen LogP contribution < -0.4 is 11.1 Å². The van der Waals surface area contributed by atoms with Crippen LogP contribution in [0, 0.1) is 0 Å². The highest BCUT2D eigenvalue weighted by atomic mass is 32.2. The summed E-state index contributed by atoms with van der Waals surface area (Å²) in [5, 5.41) is 2.76. The van der Waals surface area contributed by atoms with Crippen molar-refractivity contribution in [3.63, 3.8) is 0 Å². The van der Waals surface area contributed by atoms with Gasteiger partial charge in [0.1, 0.15) is 0 Å². The minimum Gasteiger partial charge on any atom is -0.378 e. The third kappa shape index (κ3) is 41.0. The monoisotopic (exact) mass is 674 g/mol. The first-order valence-corrected chi connectivity index (χ1v) is 16.6. The summed E-state index contributed by atoms with van der Waals surface area (Å²) in [6.45, 7) is 13.3. The molecule has 1 amide bonds. The van der Waals surface area contributed by atoms with Gasteiger partial charge in [0.15, 0.2) is 5.12 Å². The Hall–Kier alpha value is -0.990. The van der Waals surface area contributed by atoms with Gasteiger partial charge in [0.2, 0.25) is 5.91 Å². The molecule has 0 rings (SSSR count). The summed E-state index contributed by atoms with van der Waals surface area (Å²) in [4.78, 5) is 22.3. The zero-order valence-electron chi connectivity index (χ0n) is 27.2.